The summed E-state index contributed by atoms with van der Waals surface area (Å²) in [5, 5.41) is 7.18. The first-order chi connectivity index (χ1) is 12.3. The Morgan fingerprint density at radius 2 is 2.04 bits per heavy atom. The van der Waals surface area contributed by atoms with Gasteiger partial charge in [0.15, 0.2) is 5.96 Å². The zero-order valence-corrected chi connectivity index (χ0v) is 18.6. The van der Waals surface area contributed by atoms with Crippen LogP contribution in [0.25, 0.3) is 0 Å². The number of guanidine groups is 1. The fourth-order valence-electron chi connectivity index (χ4n) is 4.97. The van der Waals surface area contributed by atoms with Crippen LogP contribution in [0.4, 0.5) is 0 Å². The van der Waals surface area contributed by atoms with Gasteiger partial charge in [0.1, 0.15) is 0 Å². The van der Waals surface area contributed by atoms with E-state index >= 15 is 0 Å². The van der Waals surface area contributed by atoms with Gasteiger partial charge in [-0.15, -0.1) is 24.0 Å². The summed E-state index contributed by atoms with van der Waals surface area (Å²) in [5.41, 5.74) is 0.362. The summed E-state index contributed by atoms with van der Waals surface area (Å²) in [6, 6.07) is 0.526. The molecule has 3 atom stereocenters. The van der Waals surface area contributed by atoms with Gasteiger partial charge in [-0.25, -0.2) is 0 Å². The Morgan fingerprint density at radius 3 is 2.77 bits per heavy atom. The molecule has 6 nitrogen and oxygen atoms in total. The second kappa shape index (κ2) is 11.0. The molecule has 2 saturated carbocycles. The zero-order chi connectivity index (χ0) is 17.5. The van der Waals surface area contributed by atoms with Gasteiger partial charge in [-0.3, -0.25) is 4.99 Å². The summed E-state index contributed by atoms with van der Waals surface area (Å²) in [6.45, 7) is 6.78. The molecule has 1 aliphatic heterocycles. The fraction of sp³-hybridized carbons (Fsp3) is 0.947. The van der Waals surface area contributed by atoms with E-state index in [1.807, 2.05) is 0 Å². The molecule has 1 heterocycles. The number of rotatable bonds is 9. The van der Waals surface area contributed by atoms with E-state index in [-0.39, 0.29) is 24.0 Å². The van der Waals surface area contributed by atoms with Crippen LogP contribution in [0.1, 0.15) is 45.4 Å². The summed E-state index contributed by atoms with van der Waals surface area (Å²) < 4.78 is 16.6. The molecule has 26 heavy (non-hydrogen) atoms. The number of hydrogen-bond donors (Lipinski definition) is 2. The number of halogens is 1. The molecule has 2 aliphatic carbocycles. The smallest absolute Gasteiger partial charge is 0.191 e. The number of aliphatic imine (C=N–C) groups is 1. The summed E-state index contributed by atoms with van der Waals surface area (Å²) in [5.74, 6) is 1.63. The lowest BCUT2D eigenvalue weighted by atomic mass is 9.54. The van der Waals surface area contributed by atoms with Crippen molar-refractivity contribution in [2.75, 3.05) is 46.6 Å². The van der Waals surface area contributed by atoms with Crippen molar-refractivity contribution in [1.82, 2.24) is 10.6 Å². The quantitative estimate of drug-likeness (QED) is 0.230. The lowest BCUT2D eigenvalue weighted by Gasteiger charge is -2.57. The third kappa shape index (κ3) is 4.83. The second-order valence-corrected chi connectivity index (χ2v) is 7.53. The van der Waals surface area contributed by atoms with Gasteiger partial charge < -0.3 is 24.8 Å². The molecular formula is C19H36IN3O3. The number of nitrogens with zero attached hydrogens (tertiary/aromatic N) is 1. The number of ether oxygens (including phenoxy) is 3. The highest BCUT2D eigenvalue weighted by molar-refractivity contribution is 14.0. The Bertz CT molecular complexity index is 444. The van der Waals surface area contributed by atoms with Crippen molar-refractivity contribution in [3.63, 3.8) is 0 Å². The summed E-state index contributed by atoms with van der Waals surface area (Å²) in [7, 11) is 1.69. The van der Waals surface area contributed by atoms with Gasteiger partial charge in [0.2, 0.25) is 0 Å². The minimum atomic E-state index is 0. The Hall–Kier alpha value is -0.120. The first-order valence-electron chi connectivity index (χ1n) is 10.0. The summed E-state index contributed by atoms with van der Waals surface area (Å²) >= 11 is 0. The van der Waals surface area contributed by atoms with Gasteiger partial charge in [0, 0.05) is 50.8 Å². The zero-order valence-electron chi connectivity index (χ0n) is 16.3. The maximum absolute atomic E-state index is 6.08. The minimum absolute atomic E-state index is 0. The highest BCUT2D eigenvalue weighted by Gasteiger charge is 2.65. The van der Waals surface area contributed by atoms with E-state index in [0.29, 0.717) is 36.7 Å². The van der Waals surface area contributed by atoms with Crippen molar-refractivity contribution in [2.24, 2.45) is 16.3 Å². The van der Waals surface area contributed by atoms with Gasteiger partial charge in [-0.2, -0.15) is 0 Å². The van der Waals surface area contributed by atoms with Crippen LogP contribution < -0.4 is 10.6 Å². The van der Waals surface area contributed by atoms with Gasteiger partial charge >= 0.3 is 0 Å². The molecule has 0 aromatic carbocycles. The monoisotopic (exact) mass is 481 g/mol. The molecule has 1 spiro atoms. The van der Waals surface area contributed by atoms with E-state index in [1.54, 1.807) is 7.11 Å². The molecule has 0 bridgehead atoms. The minimum Gasteiger partial charge on any atom is -0.382 e. The Balaban J connectivity index is 0.00000243. The summed E-state index contributed by atoms with van der Waals surface area (Å²) in [6.07, 6.45) is 7.91. The van der Waals surface area contributed by atoms with Crippen molar-refractivity contribution in [1.29, 1.82) is 0 Å². The molecule has 0 radical (unpaired) electrons. The van der Waals surface area contributed by atoms with Gasteiger partial charge in [0.25, 0.3) is 0 Å². The van der Waals surface area contributed by atoms with Gasteiger partial charge in [0.05, 0.1) is 19.3 Å². The van der Waals surface area contributed by atoms with E-state index < -0.39 is 0 Å². The van der Waals surface area contributed by atoms with Crippen molar-refractivity contribution < 1.29 is 14.2 Å². The molecular weight excluding hydrogens is 445 g/mol. The average Bonchev–Trinajstić information content (AvgIpc) is 3.27. The standard InChI is InChI=1S/C19H35N3O3.HI/c1-3-20-18(21-10-6-11-24-14-13-23-2)22-16-15-7-12-25-17(15)19(16)8-4-5-9-19;/h15-17H,3-14H2,1-2H3,(H2,20,21,22);1H. The van der Waals surface area contributed by atoms with Crippen molar-refractivity contribution in [2.45, 2.75) is 57.6 Å². The van der Waals surface area contributed by atoms with E-state index in [4.69, 9.17) is 19.2 Å². The third-order valence-corrected chi connectivity index (χ3v) is 6.07. The Kier molecular flexibility index (Phi) is 9.40. The molecule has 3 rings (SSSR count). The van der Waals surface area contributed by atoms with Gasteiger partial charge in [-0.1, -0.05) is 12.8 Å². The predicted molar refractivity (Wildman–Crippen MR) is 114 cm³/mol. The van der Waals surface area contributed by atoms with Crippen LogP contribution in [-0.2, 0) is 14.2 Å². The predicted octanol–water partition coefficient (Wildman–Crippen LogP) is 2.56. The van der Waals surface area contributed by atoms with Crippen molar-refractivity contribution in [3.8, 4) is 0 Å². The Labute approximate surface area is 175 Å². The maximum atomic E-state index is 6.08. The van der Waals surface area contributed by atoms with Crippen LogP contribution in [0.5, 0.6) is 0 Å². The van der Waals surface area contributed by atoms with Crippen LogP contribution in [0, 0.1) is 11.3 Å². The van der Waals surface area contributed by atoms with Crippen LogP contribution >= 0.6 is 24.0 Å². The first-order valence-corrected chi connectivity index (χ1v) is 10.0. The molecule has 2 N–H and O–H groups in total. The highest BCUT2D eigenvalue weighted by atomic mass is 127. The van der Waals surface area contributed by atoms with Crippen molar-refractivity contribution in [3.05, 3.63) is 0 Å². The molecule has 0 aromatic heterocycles. The van der Waals surface area contributed by atoms with Crippen LogP contribution in [-0.4, -0.2) is 64.7 Å². The highest BCUT2D eigenvalue weighted by Crippen LogP contribution is 2.60. The van der Waals surface area contributed by atoms with E-state index in [9.17, 15) is 0 Å². The lowest BCUT2D eigenvalue weighted by Crippen LogP contribution is -2.69. The molecule has 3 aliphatic rings. The largest absolute Gasteiger partial charge is 0.382 e. The molecule has 3 fully saturated rings. The topological polar surface area (TPSA) is 64.1 Å². The molecule has 1 saturated heterocycles. The van der Waals surface area contributed by atoms with Gasteiger partial charge in [-0.05, 0) is 32.6 Å². The number of nitrogens with one attached hydrogen (secondary N) is 2. The normalized spacial score (nSPS) is 29.2. The number of methoxy groups -OCH3 is 1. The van der Waals surface area contributed by atoms with Crippen LogP contribution in [0.3, 0.4) is 0 Å². The number of hydrogen-bond acceptors (Lipinski definition) is 4. The molecule has 3 unspecified atom stereocenters. The second-order valence-electron chi connectivity index (χ2n) is 7.53. The Morgan fingerprint density at radius 1 is 1.23 bits per heavy atom. The molecule has 7 heteroatoms. The van der Waals surface area contributed by atoms with Crippen molar-refractivity contribution >= 4 is 29.9 Å². The fourth-order valence-corrected chi connectivity index (χ4v) is 4.97. The molecule has 152 valence electrons. The average molecular weight is 481 g/mol. The SMILES string of the molecule is CCNC(=NCCCOCCOC)NC1C2CCOC2C12CCCC2.I. The van der Waals surface area contributed by atoms with E-state index in [2.05, 4.69) is 17.6 Å². The third-order valence-electron chi connectivity index (χ3n) is 6.07. The molecule has 0 aromatic rings. The summed E-state index contributed by atoms with van der Waals surface area (Å²) in [4.78, 5) is 4.76. The lowest BCUT2D eigenvalue weighted by molar-refractivity contribution is -0.125. The first kappa shape index (κ1) is 22.2. The maximum Gasteiger partial charge on any atom is 0.191 e. The van der Waals surface area contributed by atoms with E-state index in [1.165, 1.54) is 32.1 Å². The number of fused-ring (bicyclic) bond motifs is 2. The van der Waals surface area contributed by atoms with Crippen LogP contribution in [0.15, 0.2) is 4.99 Å². The molecule has 0 amide bonds. The van der Waals surface area contributed by atoms with E-state index in [0.717, 1.165) is 38.7 Å². The van der Waals surface area contributed by atoms with Crippen LogP contribution in [0.2, 0.25) is 0 Å².